The molecule has 0 aromatic rings. The maximum atomic E-state index is 11.9. The summed E-state index contributed by atoms with van der Waals surface area (Å²) in [5.41, 5.74) is 0.128. The zero-order valence-corrected chi connectivity index (χ0v) is 12.7. The van der Waals surface area contributed by atoms with E-state index >= 15 is 0 Å². The number of hydrogen-bond donors (Lipinski definition) is 0. The van der Waals surface area contributed by atoms with Crippen molar-refractivity contribution in [1.29, 1.82) is 0 Å². The number of esters is 2. The fraction of sp³-hybridized carbons (Fsp3) is 0.750. The lowest BCUT2D eigenvalue weighted by Gasteiger charge is -2.36. The Morgan fingerprint density at radius 2 is 1.85 bits per heavy atom. The van der Waals surface area contributed by atoms with Crippen LogP contribution in [0.15, 0.2) is 12.2 Å². The van der Waals surface area contributed by atoms with Gasteiger partial charge in [0.15, 0.2) is 0 Å². The monoisotopic (exact) mass is 282 g/mol. The number of ether oxygens (including phenoxy) is 2. The van der Waals surface area contributed by atoms with Crippen LogP contribution in [0, 0.1) is 0 Å². The van der Waals surface area contributed by atoms with E-state index in [4.69, 9.17) is 9.47 Å². The van der Waals surface area contributed by atoms with Crippen LogP contribution in [0.4, 0.5) is 0 Å². The molecule has 0 unspecified atom stereocenters. The van der Waals surface area contributed by atoms with Gasteiger partial charge in [0.2, 0.25) is 0 Å². The van der Waals surface area contributed by atoms with Gasteiger partial charge in [-0.3, -0.25) is 4.79 Å². The van der Waals surface area contributed by atoms with Gasteiger partial charge in [0.1, 0.15) is 5.60 Å². The number of carbonyl (C=O) groups excluding carboxylic acids is 2. The van der Waals surface area contributed by atoms with E-state index in [-0.39, 0.29) is 18.2 Å². The van der Waals surface area contributed by atoms with E-state index < -0.39 is 5.97 Å². The highest BCUT2D eigenvalue weighted by Gasteiger charge is 2.33. The van der Waals surface area contributed by atoms with Crippen molar-refractivity contribution in [1.82, 2.24) is 0 Å². The summed E-state index contributed by atoms with van der Waals surface area (Å²) in [6.45, 7) is 7.41. The third kappa shape index (κ3) is 5.35. The van der Waals surface area contributed by atoms with Crippen LogP contribution in [-0.4, -0.2) is 24.1 Å². The molecule has 114 valence electrons. The van der Waals surface area contributed by atoms with Crippen LogP contribution in [0.25, 0.3) is 0 Å². The average Bonchev–Trinajstić information content (AvgIpc) is 2.44. The normalized spacial score (nSPS) is 17.3. The van der Waals surface area contributed by atoms with Gasteiger partial charge in [0.25, 0.3) is 0 Å². The molecule has 1 fully saturated rings. The van der Waals surface area contributed by atoms with E-state index in [1.165, 1.54) is 6.42 Å². The van der Waals surface area contributed by atoms with Crippen LogP contribution < -0.4 is 0 Å². The first-order valence-corrected chi connectivity index (χ1v) is 7.53. The van der Waals surface area contributed by atoms with Gasteiger partial charge in [-0.1, -0.05) is 19.9 Å². The predicted molar refractivity (Wildman–Crippen MR) is 77.2 cm³/mol. The van der Waals surface area contributed by atoms with E-state index in [1.807, 2.05) is 0 Å². The predicted octanol–water partition coefficient (Wildman–Crippen LogP) is 3.54. The van der Waals surface area contributed by atoms with Crippen molar-refractivity contribution in [3.8, 4) is 0 Å². The van der Waals surface area contributed by atoms with Gasteiger partial charge in [0.05, 0.1) is 6.61 Å². The second-order valence-electron chi connectivity index (χ2n) is 5.59. The zero-order valence-electron chi connectivity index (χ0n) is 12.7. The summed E-state index contributed by atoms with van der Waals surface area (Å²) in [6, 6.07) is 0. The van der Waals surface area contributed by atoms with Gasteiger partial charge in [-0.05, 0) is 45.4 Å². The topological polar surface area (TPSA) is 52.6 Å². The van der Waals surface area contributed by atoms with Crippen molar-refractivity contribution in [2.24, 2.45) is 0 Å². The summed E-state index contributed by atoms with van der Waals surface area (Å²) in [6.07, 6.45) is 7.12. The lowest BCUT2D eigenvalue weighted by atomic mass is 9.83. The van der Waals surface area contributed by atoms with Gasteiger partial charge >= 0.3 is 11.9 Å². The van der Waals surface area contributed by atoms with Crippen LogP contribution in [-0.2, 0) is 19.1 Å². The van der Waals surface area contributed by atoms with Crippen molar-refractivity contribution in [3.63, 3.8) is 0 Å². The molecule has 1 aliphatic carbocycles. The molecule has 0 spiro atoms. The minimum Gasteiger partial charge on any atom is -0.462 e. The molecule has 4 nitrogen and oxygen atoms in total. The van der Waals surface area contributed by atoms with Gasteiger partial charge in [0, 0.05) is 12.0 Å². The van der Waals surface area contributed by atoms with E-state index in [9.17, 15) is 9.59 Å². The first-order valence-electron chi connectivity index (χ1n) is 7.53. The van der Waals surface area contributed by atoms with Crippen molar-refractivity contribution in [3.05, 3.63) is 12.2 Å². The highest BCUT2D eigenvalue weighted by atomic mass is 16.6. The molecule has 1 aliphatic rings. The summed E-state index contributed by atoms with van der Waals surface area (Å²) in [5, 5.41) is 0. The van der Waals surface area contributed by atoms with Gasteiger partial charge in [-0.15, -0.1) is 0 Å². The van der Waals surface area contributed by atoms with E-state index in [2.05, 4.69) is 13.5 Å². The lowest BCUT2D eigenvalue weighted by molar-refractivity contribution is -0.164. The smallest absolute Gasteiger partial charge is 0.333 e. The van der Waals surface area contributed by atoms with Gasteiger partial charge in [-0.25, -0.2) is 4.79 Å². The molecule has 0 aromatic carbocycles. The van der Waals surface area contributed by atoms with Crippen LogP contribution >= 0.6 is 0 Å². The minimum atomic E-state index is -0.407. The summed E-state index contributed by atoms with van der Waals surface area (Å²) in [7, 11) is 0. The summed E-state index contributed by atoms with van der Waals surface area (Å²) in [4.78, 5) is 23.0. The molecule has 0 aromatic heterocycles. The SMILES string of the molecule is C=C(C)C(=O)OCCCC(=O)OC1(CC)CCCCC1. The second-order valence-corrected chi connectivity index (χ2v) is 5.59. The van der Waals surface area contributed by atoms with E-state index in [0.29, 0.717) is 18.4 Å². The molecular weight excluding hydrogens is 256 g/mol. The van der Waals surface area contributed by atoms with Crippen molar-refractivity contribution < 1.29 is 19.1 Å². The van der Waals surface area contributed by atoms with Crippen molar-refractivity contribution in [2.45, 2.75) is 70.8 Å². The summed E-state index contributed by atoms with van der Waals surface area (Å²) in [5.74, 6) is -0.587. The van der Waals surface area contributed by atoms with Crippen LogP contribution in [0.3, 0.4) is 0 Å². The summed E-state index contributed by atoms with van der Waals surface area (Å²) >= 11 is 0. The lowest BCUT2D eigenvalue weighted by Crippen LogP contribution is -2.36. The largest absolute Gasteiger partial charge is 0.462 e. The standard InChI is InChI=1S/C16H26O4/c1-4-16(10-6-5-7-11-16)20-14(17)9-8-12-19-15(18)13(2)3/h2,4-12H2,1,3H3. The Labute approximate surface area is 121 Å². The van der Waals surface area contributed by atoms with Crippen LogP contribution in [0.5, 0.6) is 0 Å². The third-order valence-electron chi connectivity index (χ3n) is 3.85. The maximum absolute atomic E-state index is 11.9. The molecule has 1 rings (SSSR count). The molecule has 20 heavy (non-hydrogen) atoms. The Hall–Kier alpha value is -1.32. The van der Waals surface area contributed by atoms with E-state index in [1.54, 1.807) is 6.92 Å². The minimum absolute atomic E-state index is 0.180. The van der Waals surface area contributed by atoms with Crippen LogP contribution in [0.1, 0.15) is 65.2 Å². The molecule has 0 amide bonds. The fourth-order valence-electron chi connectivity index (χ4n) is 2.52. The molecule has 0 radical (unpaired) electrons. The first-order chi connectivity index (χ1) is 9.49. The molecule has 0 atom stereocenters. The third-order valence-corrected chi connectivity index (χ3v) is 3.85. The Kier molecular flexibility index (Phi) is 6.76. The number of carbonyl (C=O) groups is 2. The second kappa shape index (κ2) is 8.08. The van der Waals surface area contributed by atoms with Gasteiger partial charge < -0.3 is 9.47 Å². The van der Waals surface area contributed by atoms with E-state index in [0.717, 1.165) is 32.1 Å². The highest BCUT2D eigenvalue weighted by molar-refractivity contribution is 5.86. The van der Waals surface area contributed by atoms with Crippen molar-refractivity contribution >= 4 is 11.9 Å². The molecule has 1 saturated carbocycles. The average molecular weight is 282 g/mol. The Balaban J connectivity index is 2.25. The summed E-state index contributed by atoms with van der Waals surface area (Å²) < 4.78 is 10.6. The first kappa shape index (κ1) is 16.7. The van der Waals surface area contributed by atoms with Crippen molar-refractivity contribution in [2.75, 3.05) is 6.61 Å². The zero-order chi connectivity index (χ0) is 15.0. The van der Waals surface area contributed by atoms with Gasteiger partial charge in [-0.2, -0.15) is 0 Å². The fourth-order valence-corrected chi connectivity index (χ4v) is 2.52. The number of rotatable bonds is 7. The quantitative estimate of drug-likeness (QED) is 0.407. The molecule has 0 N–H and O–H groups in total. The number of hydrogen-bond acceptors (Lipinski definition) is 4. The molecule has 0 heterocycles. The molecular formula is C16H26O4. The van der Waals surface area contributed by atoms with Crippen LogP contribution in [0.2, 0.25) is 0 Å². The molecule has 0 aliphatic heterocycles. The molecule has 4 heteroatoms. The Bertz CT molecular complexity index is 353. The molecule has 0 saturated heterocycles. The maximum Gasteiger partial charge on any atom is 0.333 e. The highest BCUT2D eigenvalue weighted by Crippen LogP contribution is 2.34. The Morgan fingerprint density at radius 1 is 1.20 bits per heavy atom. The Morgan fingerprint density at radius 3 is 2.40 bits per heavy atom. The molecule has 0 bridgehead atoms.